The Morgan fingerprint density at radius 1 is 1.42 bits per heavy atom. The Bertz CT molecular complexity index is 575. The van der Waals surface area contributed by atoms with Crippen molar-refractivity contribution in [2.75, 3.05) is 5.32 Å². The molecular weight excluding hydrogens is 254 g/mol. The predicted molar refractivity (Wildman–Crippen MR) is 82.8 cm³/mol. The average Bonchev–Trinajstić information content (AvgIpc) is 2.64. The fourth-order valence-corrected chi connectivity index (χ4v) is 4.40. The molecule has 4 heteroatoms. The maximum Gasteiger partial charge on any atom is 0.136 e. The van der Waals surface area contributed by atoms with E-state index in [0.717, 1.165) is 29.3 Å². The van der Waals surface area contributed by atoms with Crippen LogP contribution < -0.4 is 11.1 Å². The second-order valence-corrected chi connectivity index (χ2v) is 7.69. The van der Waals surface area contributed by atoms with Gasteiger partial charge in [0.2, 0.25) is 0 Å². The third-order valence-electron chi connectivity index (χ3n) is 4.26. The Labute approximate surface area is 118 Å². The number of amidine groups is 1. The van der Waals surface area contributed by atoms with E-state index in [-0.39, 0.29) is 0 Å². The number of nitrogens with one attached hydrogen (secondary N) is 1. The Balaban J connectivity index is 2.00. The van der Waals surface area contributed by atoms with E-state index in [0.29, 0.717) is 17.1 Å². The summed E-state index contributed by atoms with van der Waals surface area (Å²) in [6, 6.07) is 0. The Morgan fingerprint density at radius 2 is 2.16 bits per heavy atom. The lowest BCUT2D eigenvalue weighted by Gasteiger charge is -2.34. The highest BCUT2D eigenvalue weighted by Gasteiger charge is 2.33. The molecule has 1 aromatic rings. The van der Waals surface area contributed by atoms with Gasteiger partial charge in [-0.2, -0.15) is 0 Å². The lowest BCUT2D eigenvalue weighted by atomic mass is 9.72. The summed E-state index contributed by atoms with van der Waals surface area (Å²) in [6.07, 6.45) is 3.53. The highest BCUT2D eigenvalue weighted by atomic mass is 32.1. The van der Waals surface area contributed by atoms with Gasteiger partial charge in [0.1, 0.15) is 16.7 Å². The molecule has 0 saturated heterocycles. The van der Waals surface area contributed by atoms with Crippen LogP contribution >= 0.6 is 11.3 Å². The molecule has 2 aliphatic rings. The first-order valence-corrected chi connectivity index (χ1v) is 7.63. The number of fused-ring (bicyclic) bond motifs is 3. The van der Waals surface area contributed by atoms with Crippen molar-refractivity contribution < 1.29 is 0 Å². The summed E-state index contributed by atoms with van der Waals surface area (Å²) in [7, 11) is 0. The topological polar surface area (TPSA) is 50.4 Å². The molecule has 1 unspecified atom stereocenters. The zero-order valence-corrected chi connectivity index (χ0v) is 12.7. The van der Waals surface area contributed by atoms with Crippen LogP contribution in [0.5, 0.6) is 0 Å². The van der Waals surface area contributed by atoms with Crippen LogP contribution in [0.1, 0.15) is 43.2 Å². The van der Waals surface area contributed by atoms with Crippen LogP contribution in [0.2, 0.25) is 0 Å². The zero-order valence-electron chi connectivity index (χ0n) is 11.8. The smallest absolute Gasteiger partial charge is 0.136 e. The van der Waals surface area contributed by atoms with Gasteiger partial charge in [0, 0.05) is 4.88 Å². The van der Waals surface area contributed by atoms with Gasteiger partial charge in [0.25, 0.3) is 0 Å². The molecule has 0 fully saturated rings. The van der Waals surface area contributed by atoms with Crippen LogP contribution in [0, 0.1) is 11.3 Å². The quantitative estimate of drug-likeness (QED) is 0.761. The molecule has 0 aromatic carbocycles. The molecule has 0 amide bonds. The molecule has 1 aliphatic carbocycles. The maximum atomic E-state index is 6.08. The average molecular weight is 275 g/mol. The highest BCUT2D eigenvalue weighted by Crippen LogP contribution is 2.45. The third kappa shape index (κ3) is 2.08. The molecule has 0 radical (unpaired) electrons. The maximum absolute atomic E-state index is 6.08. The largest absolute Gasteiger partial charge is 0.383 e. The van der Waals surface area contributed by atoms with Crippen molar-refractivity contribution in [1.82, 2.24) is 0 Å². The van der Waals surface area contributed by atoms with Crippen LogP contribution in [-0.4, -0.2) is 5.84 Å². The number of hydrogen-bond donors (Lipinski definition) is 2. The molecule has 102 valence electrons. The molecule has 0 bridgehead atoms. The Morgan fingerprint density at radius 3 is 2.84 bits per heavy atom. The summed E-state index contributed by atoms with van der Waals surface area (Å²) in [5.41, 5.74) is 9.01. The van der Waals surface area contributed by atoms with E-state index in [1.54, 1.807) is 0 Å². The van der Waals surface area contributed by atoms with E-state index in [2.05, 4.69) is 37.7 Å². The second-order valence-electron chi connectivity index (χ2n) is 6.58. The van der Waals surface area contributed by atoms with E-state index < -0.39 is 0 Å². The van der Waals surface area contributed by atoms with Gasteiger partial charge in [-0.15, -0.1) is 11.3 Å². The van der Waals surface area contributed by atoms with E-state index in [4.69, 9.17) is 5.73 Å². The number of aliphatic imine (C=N–C) groups is 1. The van der Waals surface area contributed by atoms with E-state index in [9.17, 15) is 0 Å². The monoisotopic (exact) mass is 275 g/mol. The molecule has 19 heavy (non-hydrogen) atoms. The summed E-state index contributed by atoms with van der Waals surface area (Å²) < 4.78 is 0. The SMILES string of the molecule is C=C1N=C(N)c2c(sc3c2CCC(C(C)(C)C)C3)N1. The van der Waals surface area contributed by atoms with Gasteiger partial charge in [0.15, 0.2) is 0 Å². The van der Waals surface area contributed by atoms with Crippen LogP contribution in [0.25, 0.3) is 0 Å². The minimum Gasteiger partial charge on any atom is -0.383 e. The number of anilines is 1. The van der Waals surface area contributed by atoms with Crippen molar-refractivity contribution in [3.05, 3.63) is 28.4 Å². The van der Waals surface area contributed by atoms with E-state index in [1.165, 1.54) is 16.9 Å². The fraction of sp³-hybridized carbons (Fsp3) is 0.533. The van der Waals surface area contributed by atoms with Crippen molar-refractivity contribution in [3.8, 4) is 0 Å². The lowest BCUT2D eigenvalue weighted by molar-refractivity contribution is 0.218. The van der Waals surface area contributed by atoms with Crippen molar-refractivity contribution in [3.63, 3.8) is 0 Å². The summed E-state index contributed by atoms with van der Waals surface area (Å²) in [6.45, 7) is 10.9. The van der Waals surface area contributed by atoms with Gasteiger partial charge in [-0.3, -0.25) is 0 Å². The van der Waals surface area contributed by atoms with Gasteiger partial charge >= 0.3 is 0 Å². The van der Waals surface area contributed by atoms with Gasteiger partial charge in [-0.25, -0.2) is 4.99 Å². The number of rotatable bonds is 0. The Kier molecular flexibility index (Phi) is 2.75. The zero-order chi connectivity index (χ0) is 13.8. The normalized spacial score (nSPS) is 22.4. The van der Waals surface area contributed by atoms with Gasteiger partial charge in [-0.1, -0.05) is 27.4 Å². The summed E-state index contributed by atoms with van der Waals surface area (Å²) in [5, 5.41) is 4.39. The number of nitrogens with zero attached hydrogens (tertiary/aromatic N) is 1. The first kappa shape index (κ1) is 12.7. The van der Waals surface area contributed by atoms with Crippen LogP contribution in [0.4, 0.5) is 5.00 Å². The summed E-state index contributed by atoms with van der Waals surface area (Å²) >= 11 is 1.83. The Hall–Kier alpha value is -1.29. The lowest BCUT2D eigenvalue weighted by Crippen LogP contribution is -2.27. The van der Waals surface area contributed by atoms with Crippen molar-refractivity contribution >= 4 is 22.2 Å². The second kappa shape index (κ2) is 4.10. The standard InChI is InChI=1S/C15H21N3S/c1-8-17-13(16)12-10-6-5-9(15(2,3)4)7-11(10)19-14(12)18-8/h9,18H,1,5-7H2,2-4H3,(H2,16,17). The molecule has 2 heterocycles. The first-order valence-electron chi connectivity index (χ1n) is 6.81. The summed E-state index contributed by atoms with van der Waals surface area (Å²) in [5.74, 6) is 2.03. The first-order chi connectivity index (χ1) is 8.86. The molecule has 1 aliphatic heterocycles. The molecule has 0 saturated carbocycles. The number of nitrogens with two attached hydrogens (primary N) is 1. The molecule has 3 nitrogen and oxygen atoms in total. The number of thiophene rings is 1. The summed E-state index contributed by atoms with van der Waals surface area (Å²) in [4.78, 5) is 5.75. The third-order valence-corrected chi connectivity index (χ3v) is 5.43. The van der Waals surface area contributed by atoms with Crippen molar-refractivity contribution in [1.29, 1.82) is 0 Å². The molecule has 1 aromatic heterocycles. The van der Waals surface area contributed by atoms with E-state index >= 15 is 0 Å². The molecule has 1 atom stereocenters. The van der Waals surface area contributed by atoms with Crippen LogP contribution in [-0.2, 0) is 12.8 Å². The van der Waals surface area contributed by atoms with Crippen molar-refractivity contribution in [2.24, 2.45) is 22.1 Å². The number of hydrogen-bond acceptors (Lipinski definition) is 4. The molecule has 0 spiro atoms. The predicted octanol–water partition coefficient (Wildman–Crippen LogP) is 3.50. The van der Waals surface area contributed by atoms with Gasteiger partial charge < -0.3 is 11.1 Å². The fourth-order valence-electron chi connectivity index (χ4n) is 3.04. The van der Waals surface area contributed by atoms with Gasteiger partial charge in [-0.05, 0) is 36.2 Å². The highest BCUT2D eigenvalue weighted by molar-refractivity contribution is 7.16. The van der Waals surface area contributed by atoms with Crippen LogP contribution in [0.3, 0.4) is 0 Å². The van der Waals surface area contributed by atoms with Gasteiger partial charge in [0.05, 0.1) is 5.56 Å². The van der Waals surface area contributed by atoms with E-state index in [1.807, 2.05) is 11.3 Å². The molecule has 3 N–H and O–H groups in total. The minimum atomic E-state index is 0.374. The minimum absolute atomic E-state index is 0.374. The molecular formula is C15H21N3S. The van der Waals surface area contributed by atoms with Crippen molar-refractivity contribution in [2.45, 2.75) is 40.0 Å². The van der Waals surface area contributed by atoms with Crippen LogP contribution in [0.15, 0.2) is 17.4 Å². The molecule has 3 rings (SSSR count).